The summed E-state index contributed by atoms with van der Waals surface area (Å²) in [6.45, 7) is 2.79. The Morgan fingerprint density at radius 2 is 2.05 bits per heavy atom. The number of aromatic amines is 1. The van der Waals surface area contributed by atoms with Crippen LogP contribution >= 0.6 is 23.2 Å². The largest absolute Gasteiger partial charge is 0.396 e. The van der Waals surface area contributed by atoms with Gasteiger partial charge in [-0.3, -0.25) is 4.79 Å². The lowest BCUT2D eigenvalue weighted by Crippen LogP contribution is -2.32. The smallest absolute Gasteiger partial charge is 0.255 e. The number of nitrogens with zero attached hydrogens (tertiary/aromatic N) is 1. The van der Waals surface area contributed by atoms with E-state index in [9.17, 15) is 4.79 Å². The lowest BCUT2D eigenvalue weighted by molar-refractivity contribution is 0.0731. The topological polar surface area (TPSA) is 56.3 Å². The highest BCUT2D eigenvalue weighted by Crippen LogP contribution is 2.23. The van der Waals surface area contributed by atoms with Crippen LogP contribution in [0.1, 0.15) is 28.0 Å². The van der Waals surface area contributed by atoms with Crippen LogP contribution in [0.2, 0.25) is 10.0 Å². The van der Waals surface area contributed by atoms with E-state index in [0.29, 0.717) is 35.1 Å². The maximum Gasteiger partial charge on any atom is 0.255 e. The Balaban J connectivity index is 2.20. The molecule has 4 nitrogen and oxygen atoms in total. The van der Waals surface area contributed by atoms with Crippen LogP contribution in [0.25, 0.3) is 0 Å². The van der Waals surface area contributed by atoms with Gasteiger partial charge in [-0.15, -0.1) is 0 Å². The number of aliphatic hydroxyl groups excluding tert-OH is 1. The number of aliphatic hydroxyl groups is 1. The molecule has 1 amide bonds. The van der Waals surface area contributed by atoms with E-state index in [0.717, 1.165) is 11.3 Å². The molecule has 0 bridgehead atoms. The monoisotopic (exact) mass is 340 g/mol. The van der Waals surface area contributed by atoms with Gasteiger partial charge in [0, 0.05) is 31.6 Å². The average Bonchev–Trinajstić information content (AvgIpc) is 2.92. The molecule has 1 aromatic heterocycles. The van der Waals surface area contributed by atoms with E-state index in [1.54, 1.807) is 29.3 Å². The molecular weight excluding hydrogens is 323 g/mol. The molecule has 2 rings (SSSR count). The Morgan fingerprint density at radius 1 is 1.27 bits per heavy atom. The van der Waals surface area contributed by atoms with Crippen molar-refractivity contribution in [2.75, 3.05) is 13.2 Å². The summed E-state index contributed by atoms with van der Waals surface area (Å²) in [4.78, 5) is 17.4. The number of hydrogen-bond acceptors (Lipinski definition) is 2. The number of halogens is 2. The summed E-state index contributed by atoms with van der Waals surface area (Å²) < 4.78 is 0. The fourth-order valence-corrected chi connectivity index (χ4v) is 2.55. The number of aromatic nitrogens is 1. The summed E-state index contributed by atoms with van der Waals surface area (Å²) in [7, 11) is 0. The van der Waals surface area contributed by atoms with Crippen LogP contribution in [-0.2, 0) is 6.54 Å². The second kappa shape index (κ2) is 7.68. The summed E-state index contributed by atoms with van der Waals surface area (Å²) in [6.07, 6.45) is 2.27. The fourth-order valence-electron chi connectivity index (χ4n) is 2.23. The number of H-pyrrole nitrogens is 1. The minimum Gasteiger partial charge on any atom is -0.396 e. The summed E-state index contributed by atoms with van der Waals surface area (Å²) in [5.41, 5.74) is 2.36. The first-order valence-electron chi connectivity index (χ1n) is 7.01. The van der Waals surface area contributed by atoms with E-state index in [1.165, 1.54) is 0 Å². The number of carbonyl (C=O) groups is 1. The van der Waals surface area contributed by atoms with Gasteiger partial charge in [0.1, 0.15) is 0 Å². The van der Waals surface area contributed by atoms with Crippen molar-refractivity contribution < 1.29 is 9.90 Å². The van der Waals surface area contributed by atoms with Crippen LogP contribution in [0, 0.1) is 6.92 Å². The molecule has 0 aliphatic carbocycles. The van der Waals surface area contributed by atoms with Gasteiger partial charge in [-0.05, 0) is 37.1 Å². The number of amides is 1. The molecule has 1 heterocycles. The predicted octanol–water partition coefficient (Wildman–Crippen LogP) is 3.65. The zero-order valence-electron chi connectivity index (χ0n) is 12.3. The standard InChI is InChI=1S/C16H18Cl2N2O2/c1-11-13(5-6-19-11)16(22)20(7-2-8-21)10-12-3-4-14(17)15(18)9-12/h3-6,9,19,21H,2,7-8,10H2,1H3. The Kier molecular flexibility index (Phi) is 5.89. The van der Waals surface area contributed by atoms with Gasteiger partial charge in [0.25, 0.3) is 5.91 Å². The number of carbonyl (C=O) groups excluding carboxylic acids is 1. The SMILES string of the molecule is Cc1[nH]ccc1C(=O)N(CCCO)Cc1ccc(Cl)c(Cl)c1. The lowest BCUT2D eigenvalue weighted by Gasteiger charge is -2.23. The van der Waals surface area contributed by atoms with E-state index >= 15 is 0 Å². The molecular formula is C16H18Cl2N2O2. The summed E-state index contributed by atoms with van der Waals surface area (Å²) >= 11 is 11.9. The van der Waals surface area contributed by atoms with E-state index in [1.807, 2.05) is 13.0 Å². The molecule has 0 unspecified atom stereocenters. The van der Waals surface area contributed by atoms with Crippen LogP contribution in [0.4, 0.5) is 0 Å². The molecule has 0 spiro atoms. The molecule has 1 aromatic carbocycles. The van der Waals surface area contributed by atoms with E-state index < -0.39 is 0 Å². The Bertz CT molecular complexity index is 655. The highest BCUT2D eigenvalue weighted by atomic mass is 35.5. The molecule has 118 valence electrons. The Morgan fingerprint density at radius 3 is 2.64 bits per heavy atom. The van der Waals surface area contributed by atoms with Crippen molar-refractivity contribution in [2.45, 2.75) is 19.9 Å². The van der Waals surface area contributed by atoms with Crippen LogP contribution < -0.4 is 0 Å². The number of rotatable bonds is 6. The van der Waals surface area contributed by atoms with Crippen LogP contribution in [-0.4, -0.2) is 34.0 Å². The molecule has 0 aliphatic rings. The van der Waals surface area contributed by atoms with Crippen LogP contribution in [0.3, 0.4) is 0 Å². The van der Waals surface area contributed by atoms with Gasteiger partial charge in [0.2, 0.25) is 0 Å². The third kappa shape index (κ3) is 4.03. The van der Waals surface area contributed by atoms with Gasteiger partial charge in [-0.2, -0.15) is 0 Å². The first kappa shape index (κ1) is 16.9. The third-order valence-electron chi connectivity index (χ3n) is 3.42. The van der Waals surface area contributed by atoms with Crippen molar-refractivity contribution in [3.8, 4) is 0 Å². The quantitative estimate of drug-likeness (QED) is 0.843. The van der Waals surface area contributed by atoms with Crippen LogP contribution in [0.5, 0.6) is 0 Å². The number of hydrogen-bond donors (Lipinski definition) is 2. The van der Waals surface area contributed by atoms with Gasteiger partial charge in [0.15, 0.2) is 0 Å². The number of benzene rings is 1. The molecule has 0 fully saturated rings. The van der Waals surface area contributed by atoms with Crippen molar-refractivity contribution in [3.05, 3.63) is 57.3 Å². The van der Waals surface area contributed by atoms with Gasteiger partial charge >= 0.3 is 0 Å². The van der Waals surface area contributed by atoms with Crippen molar-refractivity contribution in [3.63, 3.8) is 0 Å². The fraction of sp³-hybridized carbons (Fsp3) is 0.312. The van der Waals surface area contributed by atoms with Gasteiger partial charge in [-0.1, -0.05) is 29.3 Å². The van der Waals surface area contributed by atoms with Gasteiger partial charge in [0.05, 0.1) is 15.6 Å². The van der Waals surface area contributed by atoms with Crippen molar-refractivity contribution in [1.29, 1.82) is 0 Å². The first-order valence-corrected chi connectivity index (χ1v) is 7.76. The first-order chi connectivity index (χ1) is 10.5. The normalized spacial score (nSPS) is 10.7. The zero-order valence-corrected chi connectivity index (χ0v) is 13.8. The lowest BCUT2D eigenvalue weighted by atomic mass is 10.1. The van der Waals surface area contributed by atoms with Crippen LogP contribution in [0.15, 0.2) is 30.5 Å². The van der Waals surface area contributed by atoms with E-state index in [-0.39, 0.29) is 12.5 Å². The van der Waals surface area contributed by atoms with E-state index in [4.69, 9.17) is 28.3 Å². The van der Waals surface area contributed by atoms with Crippen molar-refractivity contribution in [1.82, 2.24) is 9.88 Å². The molecule has 0 saturated carbocycles. The second-order valence-corrected chi connectivity index (χ2v) is 5.88. The predicted molar refractivity (Wildman–Crippen MR) is 88.4 cm³/mol. The van der Waals surface area contributed by atoms with Gasteiger partial charge in [-0.25, -0.2) is 0 Å². The number of aryl methyl sites for hydroxylation is 1. The molecule has 22 heavy (non-hydrogen) atoms. The van der Waals surface area contributed by atoms with Crippen molar-refractivity contribution >= 4 is 29.1 Å². The summed E-state index contributed by atoms with van der Waals surface area (Å²) in [5, 5.41) is 10.00. The summed E-state index contributed by atoms with van der Waals surface area (Å²) in [5.74, 6) is -0.0710. The average molecular weight is 341 g/mol. The molecule has 0 saturated heterocycles. The minimum atomic E-state index is -0.0710. The van der Waals surface area contributed by atoms with Crippen molar-refractivity contribution in [2.24, 2.45) is 0 Å². The zero-order chi connectivity index (χ0) is 16.1. The molecule has 2 N–H and O–H groups in total. The molecule has 0 radical (unpaired) electrons. The molecule has 2 aromatic rings. The Labute approximate surface area is 139 Å². The molecule has 0 atom stereocenters. The Hall–Kier alpha value is -1.49. The molecule has 6 heteroatoms. The highest BCUT2D eigenvalue weighted by molar-refractivity contribution is 6.42. The second-order valence-electron chi connectivity index (χ2n) is 5.07. The highest BCUT2D eigenvalue weighted by Gasteiger charge is 2.18. The van der Waals surface area contributed by atoms with Gasteiger partial charge < -0.3 is 15.0 Å². The maximum atomic E-state index is 12.7. The molecule has 0 aliphatic heterocycles. The number of nitrogens with one attached hydrogen (secondary N) is 1. The summed E-state index contributed by atoms with van der Waals surface area (Å²) in [6, 6.07) is 7.08. The van der Waals surface area contributed by atoms with E-state index in [2.05, 4.69) is 4.98 Å². The third-order valence-corrected chi connectivity index (χ3v) is 4.15. The maximum absolute atomic E-state index is 12.7. The minimum absolute atomic E-state index is 0.0390.